The van der Waals surface area contributed by atoms with Crippen LogP contribution in [0.1, 0.15) is 27.9 Å². The fourth-order valence-corrected chi connectivity index (χ4v) is 5.29. The van der Waals surface area contributed by atoms with Gasteiger partial charge in [-0.05, 0) is 80.3 Å². The number of pyridine rings is 1. The van der Waals surface area contributed by atoms with Crippen molar-refractivity contribution >= 4 is 38.2 Å². The van der Waals surface area contributed by atoms with Gasteiger partial charge in [-0.1, -0.05) is 36.4 Å². The predicted octanol–water partition coefficient (Wildman–Crippen LogP) is 5.45. The maximum atomic E-state index is 12.9. The van der Waals surface area contributed by atoms with Gasteiger partial charge >= 0.3 is 0 Å². The molecular weight excluding hydrogens is 446 g/mol. The molecule has 0 fully saturated rings. The van der Waals surface area contributed by atoms with Gasteiger partial charge in [0.15, 0.2) is 0 Å². The molecule has 0 bridgehead atoms. The van der Waals surface area contributed by atoms with E-state index in [0.29, 0.717) is 11.4 Å². The van der Waals surface area contributed by atoms with Crippen LogP contribution in [0.2, 0.25) is 0 Å². The third-order valence-corrected chi connectivity index (χ3v) is 7.35. The number of para-hydroxylation sites is 2. The summed E-state index contributed by atoms with van der Waals surface area (Å²) >= 11 is 0. The van der Waals surface area contributed by atoms with Crippen molar-refractivity contribution in [3.05, 3.63) is 94.7 Å². The van der Waals surface area contributed by atoms with Crippen LogP contribution >= 0.6 is 0 Å². The number of nitrogens with one attached hydrogen (secondary N) is 2. The second-order valence-corrected chi connectivity index (χ2v) is 10.1. The van der Waals surface area contributed by atoms with Crippen molar-refractivity contribution in [3.63, 3.8) is 0 Å². The SMILES string of the molecule is Cc1cccc(C)c1NS(=O)(=O)c1ccc(NC(=O)Cc2c(C)nc3ccccc3c2C)cc1. The van der Waals surface area contributed by atoms with Gasteiger partial charge in [0.25, 0.3) is 10.0 Å². The summed E-state index contributed by atoms with van der Waals surface area (Å²) < 4.78 is 28.4. The van der Waals surface area contributed by atoms with Crippen LogP contribution in [0.4, 0.5) is 11.4 Å². The Morgan fingerprint density at radius 1 is 0.853 bits per heavy atom. The summed E-state index contributed by atoms with van der Waals surface area (Å²) in [5, 5.41) is 3.89. The van der Waals surface area contributed by atoms with Gasteiger partial charge in [0.2, 0.25) is 5.91 Å². The lowest BCUT2D eigenvalue weighted by atomic mass is 9.99. The molecule has 0 saturated heterocycles. The molecule has 0 saturated carbocycles. The molecule has 2 N–H and O–H groups in total. The van der Waals surface area contributed by atoms with Crippen molar-refractivity contribution in [1.29, 1.82) is 0 Å². The van der Waals surface area contributed by atoms with Gasteiger partial charge < -0.3 is 5.32 Å². The molecule has 0 aliphatic rings. The molecule has 1 amide bonds. The van der Waals surface area contributed by atoms with Crippen LogP contribution in [0.15, 0.2) is 71.6 Å². The molecule has 0 unspecified atom stereocenters. The maximum absolute atomic E-state index is 12.9. The Morgan fingerprint density at radius 2 is 1.50 bits per heavy atom. The van der Waals surface area contributed by atoms with Crippen molar-refractivity contribution in [1.82, 2.24) is 4.98 Å². The number of rotatable bonds is 6. The van der Waals surface area contributed by atoms with Crippen LogP contribution in [0, 0.1) is 27.7 Å². The zero-order valence-electron chi connectivity index (χ0n) is 19.6. The first-order valence-electron chi connectivity index (χ1n) is 11.0. The Kier molecular flexibility index (Phi) is 6.39. The second kappa shape index (κ2) is 9.27. The average Bonchev–Trinajstić information content (AvgIpc) is 2.79. The molecule has 4 rings (SSSR count). The van der Waals surface area contributed by atoms with Gasteiger partial charge in [-0.15, -0.1) is 0 Å². The van der Waals surface area contributed by atoms with E-state index in [1.807, 2.05) is 70.2 Å². The quantitative estimate of drug-likeness (QED) is 0.390. The Labute approximate surface area is 200 Å². The van der Waals surface area contributed by atoms with Crippen molar-refractivity contribution in [2.24, 2.45) is 0 Å². The minimum Gasteiger partial charge on any atom is -0.326 e. The van der Waals surface area contributed by atoms with Crippen LogP contribution in [-0.4, -0.2) is 19.3 Å². The van der Waals surface area contributed by atoms with Crippen LogP contribution in [0.3, 0.4) is 0 Å². The fourth-order valence-electron chi connectivity index (χ4n) is 4.08. The number of anilines is 2. The van der Waals surface area contributed by atoms with E-state index in [2.05, 4.69) is 15.0 Å². The van der Waals surface area contributed by atoms with Gasteiger partial charge in [0.05, 0.1) is 22.5 Å². The van der Waals surface area contributed by atoms with Crippen LogP contribution < -0.4 is 10.0 Å². The van der Waals surface area contributed by atoms with E-state index < -0.39 is 10.0 Å². The number of hydrogen-bond acceptors (Lipinski definition) is 4. The lowest BCUT2D eigenvalue weighted by Gasteiger charge is -2.14. The lowest BCUT2D eigenvalue weighted by molar-refractivity contribution is -0.115. The number of hydrogen-bond donors (Lipinski definition) is 2. The highest BCUT2D eigenvalue weighted by Crippen LogP contribution is 2.25. The number of fused-ring (bicyclic) bond motifs is 1. The molecule has 7 heteroatoms. The highest BCUT2D eigenvalue weighted by Gasteiger charge is 2.17. The predicted molar refractivity (Wildman–Crippen MR) is 137 cm³/mol. The monoisotopic (exact) mass is 473 g/mol. The molecule has 0 aliphatic heterocycles. The summed E-state index contributed by atoms with van der Waals surface area (Å²) in [5.74, 6) is -0.187. The number of benzene rings is 3. The summed E-state index contributed by atoms with van der Waals surface area (Å²) in [4.78, 5) is 17.5. The largest absolute Gasteiger partial charge is 0.326 e. The number of carbonyl (C=O) groups is 1. The number of carbonyl (C=O) groups excluding carboxylic acids is 1. The van der Waals surface area contributed by atoms with E-state index in [1.165, 1.54) is 12.1 Å². The first-order chi connectivity index (χ1) is 16.2. The van der Waals surface area contributed by atoms with Crippen molar-refractivity contribution < 1.29 is 13.2 Å². The normalized spacial score (nSPS) is 11.4. The first-order valence-corrected chi connectivity index (χ1v) is 12.5. The van der Waals surface area contributed by atoms with Gasteiger partial charge in [-0.3, -0.25) is 14.5 Å². The number of sulfonamides is 1. The third kappa shape index (κ3) is 4.79. The van der Waals surface area contributed by atoms with Crippen LogP contribution in [-0.2, 0) is 21.2 Å². The average molecular weight is 474 g/mol. The summed E-state index contributed by atoms with van der Waals surface area (Å²) in [6.07, 6.45) is 0.184. The molecule has 0 aliphatic carbocycles. The maximum Gasteiger partial charge on any atom is 0.261 e. The fraction of sp³-hybridized carbons (Fsp3) is 0.185. The van der Waals surface area contributed by atoms with E-state index >= 15 is 0 Å². The van der Waals surface area contributed by atoms with Crippen LogP contribution in [0.25, 0.3) is 10.9 Å². The minimum absolute atomic E-state index is 0.124. The van der Waals surface area contributed by atoms with E-state index in [0.717, 1.165) is 38.9 Å². The number of nitrogens with zero attached hydrogens (tertiary/aromatic N) is 1. The molecule has 0 spiro atoms. The Morgan fingerprint density at radius 3 is 2.18 bits per heavy atom. The highest BCUT2D eigenvalue weighted by molar-refractivity contribution is 7.92. The Balaban J connectivity index is 1.49. The molecule has 1 aromatic heterocycles. The number of amides is 1. The molecule has 4 aromatic rings. The van der Waals surface area contributed by atoms with Gasteiger partial charge in [0, 0.05) is 16.8 Å². The molecule has 3 aromatic carbocycles. The molecule has 174 valence electrons. The molecular formula is C27H27N3O3S. The molecule has 1 heterocycles. The van der Waals surface area contributed by atoms with Gasteiger partial charge in [-0.25, -0.2) is 8.42 Å². The van der Waals surface area contributed by atoms with E-state index in [1.54, 1.807) is 12.1 Å². The van der Waals surface area contributed by atoms with Crippen molar-refractivity contribution in [2.75, 3.05) is 10.0 Å². The molecule has 0 atom stereocenters. The summed E-state index contributed by atoms with van der Waals surface area (Å²) in [5.41, 5.74) is 6.47. The first kappa shape index (κ1) is 23.4. The van der Waals surface area contributed by atoms with E-state index in [-0.39, 0.29) is 17.2 Å². The molecule has 6 nitrogen and oxygen atoms in total. The second-order valence-electron chi connectivity index (χ2n) is 8.44. The topological polar surface area (TPSA) is 88.2 Å². The zero-order chi connectivity index (χ0) is 24.5. The van der Waals surface area contributed by atoms with E-state index in [9.17, 15) is 13.2 Å². The Bertz CT molecular complexity index is 1470. The highest BCUT2D eigenvalue weighted by atomic mass is 32.2. The summed E-state index contributed by atoms with van der Waals surface area (Å²) in [6, 6.07) is 19.6. The van der Waals surface area contributed by atoms with Crippen molar-refractivity contribution in [2.45, 2.75) is 39.0 Å². The lowest BCUT2D eigenvalue weighted by Crippen LogP contribution is -2.17. The number of aryl methyl sites for hydroxylation is 4. The third-order valence-electron chi connectivity index (χ3n) is 5.99. The number of aromatic nitrogens is 1. The molecule has 0 radical (unpaired) electrons. The standard InChI is InChI=1S/C27H27N3O3S/c1-17-8-7-9-18(2)27(17)30-34(32,33)22-14-12-21(13-15-22)29-26(31)16-24-19(3)23-10-5-6-11-25(23)28-20(24)4/h5-15,30H,16H2,1-4H3,(H,29,31). The van der Waals surface area contributed by atoms with Crippen LogP contribution in [0.5, 0.6) is 0 Å². The van der Waals surface area contributed by atoms with E-state index in [4.69, 9.17) is 0 Å². The van der Waals surface area contributed by atoms with Gasteiger partial charge in [-0.2, -0.15) is 0 Å². The summed E-state index contributed by atoms with van der Waals surface area (Å²) in [6.45, 7) is 7.63. The smallest absolute Gasteiger partial charge is 0.261 e. The summed E-state index contributed by atoms with van der Waals surface area (Å²) in [7, 11) is -3.76. The zero-order valence-corrected chi connectivity index (χ0v) is 20.5. The van der Waals surface area contributed by atoms with Crippen molar-refractivity contribution in [3.8, 4) is 0 Å². The molecule has 34 heavy (non-hydrogen) atoms. The van der Waals surface area contributed by atoms with Gasteiger partial charge in [0.1, 0.15) is 0 Å². The Hall–Kier alpha value is -3.71. The minimum atomic E-state index is -3.76.